The molecule has 5 heterocycles. The van der Waals surface area contributed by atoms with Crippen LogP contribution in [0.3, 0.4) is 0 Å². The molecule has 0 radical (unpaired) electrons. The Labute approximate surface area is 137 Å². The Morgan fingerprint density at radius 1 is 1.00 bits per heavy atom. The molecule has 2 fully saturated rings. The minimum absolute atomic E-state index is 0.163. The number of aromatic amines is 2. The second kappa shape index (κ2) is 5.05. The summed E-state index contributed by atoms with van der Waals surface area (Å²) in [5, 5.41) is 7.75. The van der Waals surface area contributed by atoms with Crippen LogP contribution < -0.4 is 15.4 Å². The van der Waals surface area contributed by atoms with E-state index in [1.165, 1.54) is 6.07 Å². The second-order valence-electron chi connectivity index (χ2n) is 6.55. The quantitative estimate of drug-likeness (QED) is 0.718. The van der Waals surface area contributed by atoms with Gasteiger partial charge in [0.15, 0.2) is 0 Å². The number of H-pyrrole nitrogens is 2. The molecule has 0 aromatic carbocycles. The summed E-state index contributed by atoms with van der Waals surface area (Å²) in [6.45, 7) is 3.90. The van der Waals surface area contributed by atoms with Crippen molar-refractivity contribution in [2.45, 2.75) is 0 Å². The van der Waals surface area contributed by atoms with Gasteiger partial charge in [0.1, 0.15) is 23.6 Å². The van der Waals surface area contributed by atoms with Crippen LogP contribution >= 0.6 is 0 Å². The van der Waals surface area contributed by atoms with Crippen molar-refractivity contribution in [1.29, 1.82) is 0 Å². The van der Waals surface area contributed by atoms with Crippen molar-refractivity contribution in [2.24, 2.45) is 11.8 Å². The van der Waals surface area contributed by atoms with Gasteiger partial charge in [-0.05, 0) is 12.1 Å². The highest BCUT2D eigenvalue weighted by molar-refractivity contribution is 5.87. The smallest absolute Gasteiger partial charge is 0.264 e. The lowest BCUT2D eigenvalue weighted by atomic mass is 10.0. The molecule has 5 rings (SSSR count). The Bertz CT molecular complexity index is 914. The van der Waals surface area contributed by atoms with Crippen LogP contribution in [0.5, 0.6) is 0 Å². The number of fused-ring (bicyclic) bond motifs is 2. The molecule has 2 saturated heterocycles. The normalized spacial score (nSPS) is 23.2. The van der Waals surface area contributed by atoms with Crippen molar-refractivity contribution in [1.82, 2.24) is 25.1 Å². The zero-order chi connectivity index (χ0) is 16.1. The van der Waals surface area contributed by atoms with Gasteiger partial charge in [-0.2, -0.15) is 5.10 Å². The molecular weight excluding hydrogens is 306 g/mol. The molecule has 3 aromatic heterocycles. The van der Waals surface area contributed by atoms with Crippen molar-refractivity contribution in [3.63, 3.8) is 0 Å². The summed E-state index contributed by atoms with van der Waals surface area (Å²) in [7, 11) is 0. The summed E-state index contributed by atoms with van der Waals surface area (Å²) in [5.74, 6) is 3.04. The molecule has 2 atom stereocenters. The number of anilines is 2. The summed E-state index contributed by atoms with van der Waals surface area (Å²) in [4.78, 5) is 27.7. The lowest BCUT2D eigenvalue weighted by molar-refractivity contribution is 0.533. The number of nitrogens with one attached hydrogen (secondary N) is 2. The van der Waals surface area contributed by atoms with Gasteiger partial charge in [0.05, 0.1) is 5.39 Å². The molecule has 8 heteroatoms. The molecule has 0 saturated carbocycles. The highest BCUT2D eigenvalue weighted by Gasteiger charge is 2.41. The van der Waals surface area contributed by atoms with Gasteiger partial charge in [-0.15, -0.1) is 0 Å². The number of hydrogen-bond acceptors (Lipinski definition) is 6. The fraction of sp³-hybridized carbons (Fsp3) is 0.375. The van der Waals surface area contributed by atoms with Crippen LogP contribution in [0.15, 0.2) is 35.5 Å². The predicted octanol–water partition coefficient (Wildman–Crippen LogP) is 0.614. The van der Waals surface area contributed by atoms with Crippen LogP contribution in [0.25, 0.3) is 11.0 Å². The van der Waals surface area contributed by atoms with Crippen LogP contribution in [0, 0.1) is 11.8 Å². The van der Waals surface area contributed by atoms with Crippen LogP contribution in [-0.2, 0) is 0 Å². The highest BCUT2D eigenvalue weighted by atomic mass is 16.1. The van der Waals surface area contributed by atoms with E-state index in [0.717, 1.165) is 48.8 Å². The SMILES string of the molecule is O=c1ccc(N2CC3CN(c4ncnc5[nH]ccc45)CC3C2)n[nH]1. The van der Waals surface area contributed by atoms with E-state index >= 15 is 0 Å². The van der Waals surface area contributed by atoms with E-state index in [1.807, 2.05) is 12.3 Å². The average molecular weight is 323 g/mol. The third-order valence-electron chi connectivity index (χ3n) is 5.11. The second-order valence-corrected chi connectivity index (χ2v) is 6.55. The zero-order valence-electron chi connectivity index (χ0n) is 13.0. The predicted molar refractivity (Wildman–Crippen MR) is 90.2 cm³/mol. The highest BCUT2D eigenvalue weighted by Crippen LogP contribution is 2.36. The van der Waals surface area contributed by atoms with E-state index < -0.39 is 0 Å². The number of rotatable bonds is 2. The molecule has 2 unspecified atom stereocenters. The molecule has 0 bridgehead atoms. The first-order valence-corrected chi connectivity index (χ1v) is 8.11. The molecular formula is C16H17N7O. The number of hydrogen-bond donors (Lipinski definition) is 2. The van der Waals surface area contributed by atoms with Crippen LogP contribution in [0.1, 0.15) is 0 Å². The fourth-order valence-electron chi connectivity index (χ4n) is 3.98. The van der Waals surface area contributed by atoms with Crippen LogP contribution in [0.2, 0.25) is 0 Å². The first-order chi connectivity index (χ1) is 11.8. The van der Waals surface area contributed by atoms with E-state index in [9.17, 15) is 4.79 Å². The first kappa shape index (κ1) is 13.5. The van der Waals surface area contributed by atoms with Gasteiger partial charge in [-0.3, -0.25) is 4.79 Å². The average Bonchev–Trinajstić information content (AvgIpc) is 3.29. The Morgan fingerprint density at radius 3 is 2.54 bits per heavy atom. The van der Waals surface area contributed by atoms with Crippen molar-refractivity contribution >= 4 is 22.7 Å². The topological polar surface area (TPSA) is 93.8 Å². The minimum atomic E-state index is -0.163. The van der Waals surface area contributed by atoms with Crippen molar-refractivity contribution in [3.8, 4) is 0 Å². The Hall–Kier alpha value is -2.90. The summed E-state index contributed by atoms with van der Waals surface area (Å²) >= 11 is 0. The third kappa shape index (κ3) is 2.06. The third-order valence-corrected chi connectivity index (χ3v) is 5.11. The standard InChI is InChI=1S/C16H17N7O/c24-14-2-1-13(20-21-14)22-5-10-7-23(8-11(10)6-22)16-12-3-4-17-15(12)18-9-19-16/h1-4,9-11H,5-8H2,(H,21,24)(H,17,18,19). The van der Waals surface area contributed by atoms with Crippen molar-refractivity contribution < 1.29 is 0 Å². The van der Waals surface area contributed by atoms with Crippen LogP contribution in [-0.4, -0.2) is 51.3 Å². The summed E-state index contributed by atoms with van der Waals surface area (Å²) in [6.07, 6.45) is 3.53. The van der Waals surface area contributed by atoms with E-state index in [0.29, 0.717) is 11.8 Å². The zero-order valence-corrected chi connectivity index (χ0v) is 13.0. The molecule has 2 N–H and O–H groups in total. The van der Waals surface area contributed by atoms with Gasteiger partial charge < -0.3 is 14.8 Å². The Balaban J connectivity index is 1.36. The fourth-order valence-corrected chi connectivity index (χ4v) is 3.98. The van der Waals surface area contributed by atoms with Gasteiger partial charge in [0.25, 0.3) is 5.56 Å². The van der Waals surface area contributed by atoms with Gasteiger partial charge in [-0.1, -0.05) is 0 Å². The first-order valence-electron chi connectivity index (χ1n) is 8.11. The maximum atomic E-state index is 11.2. The largest absolute Gasteiger partial charge is 0.355 e. The Morgan fingerprint density at radius 2 is 1.79 bits per heavy atom. The maximum absolute atomic E-state index is 11.2. The van der Waals surface area contributed by atoms with E-state index in [2.05, 4.69) is 34.9 Å². The molecule has 0 amide bonds. The van der Waals surface area contributed by atoms with E-state index in [4.69, 9.17) is 0 Å². The summed E-state index contributed by atoms with van der Waals surface area (Å²) in [6, 6.07) is 5.37. The van der Waals surface area contributed by atoms with Gasteiger partial charge in [-0.25, -0.2) is 15.1 Å². The minimum Gasteiger partial charge on any atom is -0.355 e. The summed E-state index contributed by atoms with van der Waals surface area (Å²) in [5.41, 5.74) is 0.722. The van der Waals surface area contributed by atoms with E-state index in [-0.39, 0.29) is 5.56 Å². The molecule has 2 aliphatic heterocycles. The van der Waals surface area contributed by atoms with Gasteiger partial charge in [0.2, 0.25) is 0 Å². The van der Waals surface area contributed by atoms with Crippen molar-refractivity contribution in [2.75, 3.05) is 36.0 Å². The molecule has 0 aliphatic carbocycles. The lowest BCUT2D eigenvalue weighted by Crippen LogP contribution is -2.30. The maximum Gasteiger partial charge on any atom is 0.264 e. The molecule has 0 spiro atoms. The number of nitrogens with zero attached hydrogens (tertiary/aromatic N) is 5. The molecule has 122 valence electrons. The van der Waals surface area contributed by atoms with Gasteiger partial charge >= 0.3 is 0 Å². The van der Waals surface area contributed by atoms with Gasteiger partial charge in [0, 0.05) is 50.3 Å². The monoisotopic (exact) mass is 323 g/mol. The molecule has 2 aliphatic rings. The molecule has 8 nitrogen and oxygen atoms in total. The van der Waals surface area contributed by atoms with Crippen LogP contribution in [0.4, 0.5) is 11.6 Å². The van der Waals surface area contributed by atoms with Crippen molar-refractivity contribution in [3.05, 3.63) is 41.1 Å². The summed E-state index contributed by atoms with van der Waals surface area (Å²) < 4.78 is 0. The molecule has 3 aromatic rings. The van der Waals surface area contributed by atoms with E-state index in [1.54, 1.807) is 12.4 Å². The lowest BCUT2D eigenvalue weighted by Gasteiger charge is -2.23. The molecule has 24 heavy (non-hydrogen) atoms. The number of aromatic nitrogens is 5. The Kier molecular flexibility index (Phi) is 2.85.